The third-order valence-electron chi connectivity index (χ3n) is 1.57. The zero-order valence-corrected chi connectivity index (χ0v) is 4.96. The summed E-state index contributed by atoms with van der Waals surface area (Å²) >= 11 is 0. The molecule has 48 valence electrons. The van der Waals surface area contributed by atoms with E-state index in [1.54, 1.807) is 0 Å². The monoisotopic (exact) mass is 124 g/mol. The minimum Gasteiger partial charge on any atom is -0.381 e. The van der Waals surface area contributed by atoms with Crippen LogP contribution >= 0.6 is 0 Å². The molecule has 0 aliphatic heterocycles. The zero-order valence-electron chi connectivity index (χ0n) is 4.96. The third kappa shape index (κ3) is 0.667. The lowest BCUT2D eigenvalue weighted by Gasteiger charge is -1.85. The second-order valence-electron chi connectivity index (χ2n) is 2.37. The molecule has 3 N–H and O–H groups in total. The summed E-state index contributed by atoms with van der Waals surface area (Å²) in [4.78, 5) is 0. The van der Waals surface area contributed by atoms with Gasteiger partial charge in [0.2, 0.25) is 0 Å². The van der Waals surface area contributed by atoms with Crippen molar-refractivity contribution in [1.82, 2.24) is 15.4 Å². The average Bonchev–Trinajstić information content (AvgIpc) is 2.58. The van der Waals surface area contributed by atoms with E-state index < -0.39 is 0 Å². The van der Waals surface area contributed by atoms with Crippen LogP contribution in [0.5, 0.6) is 0 Å². The van der Waals surface area contributed by atoms with Crippen LogP contribution in [0.25, 0.3) is 0 Å². The molecule has 1 saturated carbocycles. The fourth-order valence-electron chi connectivity index (χ4n) is 0.904. The number of aromatic nitrogens is 3. The first-order chi connectivity index (χ1) is 4.38. The van der Waals surface area contributed by atoms with Crippen LogP contribution in [0.2, 0.25) is 0 Å². The zero-order chi connectivity index (χ0) is 6.27. The molecule has 9 heavy (non-hydrogen) atoms. The summed E-state index contributed by atoms with van der Waals surface area (Å²) < 4.78 is 0. The summed E-state index contributed by atoms with van der Waals surface area (Å²) in [5.41, 5.74) is 6.43. The maximum absolute atomic E-state index is 5.48. The van der Waals surface area contributed by atoms with Crippen LogP contribution in [0.1, 0.15) is 24.5 Å². The quantitative estimate of drug-likeness (QED) is 0.564. The molecule has 1 fully saturated rings. The molecule has 1 aliphatic carbocycles. The fourth-order valence-corrected chi connectivity index (χ4v) is 0.904. The Kier molecular flexibility index (Phi) is 0.777. The van der Waals surface area contributed by atoms with Crippen LogP contribution in [-0.4, -0.2) is 15.4 Å². The summed E-state index contributed by atoms with van der Waals surface area (Å²) in [5, 5.41) is 10.1. The molecule has 0 atom stereocenters. The number of nitrogens with two attached hydrogens (primary N) is 1. The van der Waals surface area contributed by atoms with Gasteiger partial charge in [-0.1, -0.05) is 0 Å². The van der Waals surface area contributed by atoms with Gasteiger partial charge in [-0.3, -0.25) is 0 Å². The van der Waals surface area contributed by atoms with Crippen LogP contribution in [0.3, 0.4) is 0 Å². The SMILES string of the molecule is Nc1n[nH]nc1C1CC1. The molecule has 4 heteroatoms. The van der Waals surface area contributed by atoms with Crippen molar-refractivity contribution in [3.63, 3.8) is 0 Å². The van der Waals surface area contributed by atoms with E-state index in [4.69, 9.17) is 5.73 Å². The summed E-state index contributed by atoms with van der Waals surface area (Å²) in [5.74, 6) is 1.17. The number of rotatable bonds is 1. The van der Waals surface area contributed by atoms with Crippen LogP contribution in [-0.2, 0) is 0 Å². The highest BCUT2D eigenvalue weighted by molar-refractivity contribution is 5.36. The summed E-state index contributed by atoms with van der Waals surface area (Å²) in [6, 6.07) is 0. The fraction of sp³-hybridized carbons (Fsp3) is 0.600. The second-order valence-corrected chi connectivity index (χ2v) is 2.37. The Bertz CT molecular complexity index is 212. The number of nitrogens with one attached hydrogen (secondary N) is 1. The molecule has 0 unspecified atom stereocenters. The molecule has 0 radical (unpaired) electrons. The van der Waals surface area contributed by atoms with Gasteiger partial charge in [-0.05, 0) is 12.8 Å². The maximum Gasteiger partial charge on any atom is 0.169 e. The molecule has 1 heterocycles. The Morgan fingerprint density at radius 2 is 2.22 bits per heavy atom. The highest BCUT2D eigenvalue weighted by atomic mass is 15.3. The molecule has 1 aromatic rings. The number of hydrogen-bond donors (Lipinski definition) is 2. The van der Waals surface area contributed by atoms with Gasteiger partial charge in [-0.25, -0.2) is 0 Å². The second kappa shape index (κ2) is 1.46. The van der Waals surface area contributed by atoms with Crippen molar-refractivity contribution in [3.8, 4) is 0 Å². The molecule has 2 rings (SSSR count). The molecule has 1 aromatic heterocycles. The van der Waals surface area contributed by atoms with Crippen molar-refractivity contribution in [1.29, 1.82) is 0 Å². The molecule has 0 amide bonds. The largest absolute Gasteiger partial charge is 0.381 e. The Morgan fingerprint density at radius 3 is 2.67 bits per heavy atom. The lowest BCUT2D eigenvalue weighted by atomic mass is 10.3. The normalized spacial score (nSPS) is 18.2. The van der Waals surface area contributed by atoms with E-state index in [1.165, 1.54) is 12.8 Å². The van der Waals surface area contributed by atoms with Gasteiger partial charge in [-0.2, -0.15) is 10.3 Å². The molecule has 0 aromatic carbocycles. The number of nitrogen functional groups attached to an aromatic ring is 1. The number of nitrogens with zero attached hydrogens (tertiary/aromatic N) is 2. The number of hydrogen-bond acceptors (Lipinski definition) is 3. The van der Waals surface area contributed by atoms with E-state index in [0.717, 1.165) is 5.69 Å². The van der Waals surface area contributed by atoms with Crippen LogP contribution < -0.4 is 5.73 Å². The highest BCUT2D eigenvalue weighted by Crippen LogP contribution is 2.40. The summed E-state index contributed by atoms with van der Waals surface area (Å²) in [7, 11) is 0. The van der Waals surface area contributed by atoms with E-state index in [2.05, 4.69) is 15.4 Å². The van der Waals surface area contributed by atoms with Crippen molar-refractivity contribution in [2.24, 2.45) is 0 Å². The smallest absolute Gasteiger partial charge is 0.169 e. The number of anilines is 1. The van der Waals surface area contributed by atoms with Crippen molar-refractivity contribution in [2.45, 2.75) is 18.8 Å². The topological polar surface area (TPSA) is 67.6 Å². The van der Waals surface area contributed by atoms with Crippen LogP contribution in [0, 0.1) is 0 Å². The van der Waals surface area contributed by atoms with Gasteiger partial charge >= 0.3 is 0 Å². The van der Waals surface area contributed by atoms with Gasteiger partial charge in [0, 0.05) is 5.92 Å². The Labute approximate surface area is 52.4 Å². The van der Waals surface area contributed by atoms with Crippen molar-refractivity contribution >= 4 is 5.82 Å². The first kappa shape index (κ1) is 4.78. The lowest BCUT2D eigenvalue weighted by Crippen LogP contribution is -1.89. The van der Waals surface area contributed by atoms with E-state index in [1.807, 2.05) is 0 Å². The molecule has 1 aliphatic rings. The average molecular weight is 124 g/mol. The van der Waals surface area contributed by atoms with E-state index in [9.17, 15) is 0 Å². The Morgan fingerprint density at radius 1 is 1.44 bits per heavy atom. The summed E-state index contributed by atoms with van der Waals surface area (Å²) in [6.45, 7) is 0. The van der Waals surface area contributed by atoms with Gasteiger partial charge in [0.25, 0.3) is 0 Å². The van der Waals surface area contributed by atoms with Crippen LogP contribution in [0.15, 0.2) is 0 Å². The minimum absolute atomic E-state index is 0.567. The minimum atomic E-state index is 0.567. The predicted octanol–water partition coefficient (Wildman–Crippen LogP) is 0.264. The molecule has 0 spiro atoms. The van der Waals surface area contributed by atoms with Gasteiger partial charge in [0.1, 0.15) is 5.69 Å². The maximum atomic E-state index is 5.48. The first-order valence-corrected chi connectivity index (χ1v) is 3.04. The standard InChI is InChI=1S/C5H8N4/c6-5-4(3-1-2-3)7-9-8-5/h3H,1-2H2,(H3,6,7,8,9). The lowest BCUT2D eigenvalue weighted by molar-refractivity contribution is 0.904. The van der Waals surface area contributed by atoms with E-state index in [0.29, 0.717) is 11.7 Å². The Hall–Kier alpha value is -1.06. The first-order valence-electron chi connectivity index (χ1n) is 3.04. The molecule has 4 nitrogen and oxygen atoms in total. The molecular formula is C5H8N4. The molecule has 0 bridgehead atoms. The number of aromatic amines is 1. The molecule has 0 saturated heterocycles. The van der Waals surface area contributed by atoms with Gasteiger partial charge in [0.05, 0.1) is 0 Å². The van der Waals surface area contributed by atoms with E-state index in [-0.39, 0.29) is 0 Å². The predicted molar refractivity (Wildman–Crippen MR) is 32.8 cm³/mol. The molecular weight excluding hydrogens is 116 g/mol. The van der Waals surface area contributed by atoms with Crippen molar-refractivity contribution in [3.05, 3.63) is 5.69 Å². The van der Waals surface area contributed by atoms with Gasteiger partial charge in [-0.15, -0.1) is 5.10 Å². The van der Waals surface area contributed by atoms with Crippen molar-refractivity contribution in [2.75, 3.05) is 5.73 Å². The van der Waals surface area contributed by atoms with Gasteiger partial charge < -0.3 is 5.73 Å². The van der Waals surface area contributed by atoms with Crippen molar-refractivity contribution < 1.29 is 0 Å². The Balaban J connectivity index is 2.35. The van der Waals surface area contributed by atoms with Crippen LogP contribution in [0.4, 0.5) is 5.82 Å². The van der Waals surface area contributed by atoms with E-state index >= 15 is 0 Å². The summed E-state index contributed by atoms with van der Waals surface area (Å²) in [6.07, 6.45) is 2.44. The number of H-pyrrole nitrogens is 1. The van der Waals surface area contributed by atoms with Gasteiger partial charge in [0.15, 0.2) is 5.82 Å². The highest BCUT2D eigenvalue weighted by Gasteiger charge is 2.28. The third-order valence-corrected chi connectivity index (χ3v) is 1.57.